The Morgan fingerprint density at radius 2 is 2.09 bits per heavy atom. The van der Waals surface area contributed by atoms with Gasteiger partial charge in [0.05, 0.1) is 32.0 Å². The number of hydrogen-bond donors (Lipinski definition) is 1. The number of aliphatic carboxylic acids is 1. The third kappa shape index (κ3) is 2.41. The number of carbonyl (C=O) groups is 1. The molecule has 0 fully saturated rings. The third-order valence-corrected chi connectivity index (χ3v) is 4.11. The topological polar surface area (TPSA) is 73.6 Å². The highest BCUT2D eigenvalue weighted by Gasteiger charge is 2.27. The molecule has 22 heavy (non-hydrogen) atoms. The molecule has 1 heterocycles. The molecular weight excluding hydrogens is 284 g/mol. The van der Waals surface area contributed by atoms with E-state index >= 15 is 0 Å². The molecule has 1 aliphatic carbocycles. The molecule has 0 amide bonds. The van der Waals surface area contributed by atoms with Gasteiger partial charge in [0.1, 0.15) is 0 Å². The molecule has 116 valence electrons. The first kappa shape index (κ1) is 14.4. The summed E-state index contributed by atoms with van der Waals surface area (Å²) in [7, 11) is 3.19. The van der Waals surface area contributed by atoms with Gasteiger partial charge in [-0.1, -0.05) is 0 Å². The Hall–Kier alpha value is -2.50. The van der Waals surface area contributed by atoms with Crippen LogP contribution < -0.4 is 9.47 Å². The lowest BCUT2D eigenvalue weighted by atomic mass is 9.88. The van der Waals surface area contributed by atoms with Gasteiger partial charge in [-0.2, -0.15) is 5.10 Å². The number of benzene rings is 1. The van der Waals surface area contributed by atoms with E-state index in [0.717, 1.165) is 16.9 Å². The van der Waals surface area contributed by atoms with Crippen molar-refractivity contribution in [3.05, 3.63) is 35.7 Å². The molecule has 0 saturated carbocycles. The number of nitrogens with zero attached hydrogens (tertiary/aromatic N) is 2. The minimum absolute atomic E-state index is 0.310. The van der Waals surface area contributed by atoms with Crippen molar-refractivity contribution in [2.24, 2.45) is 5.92 Å². The number of rotatable bonds is 4. The van der Waals surface area contributed by atoms with E-state index in [4.69, 9.17) is 14.6 Å². The second-order valence-electron chi connectivity index (χ2n) is 5.35. The predicted molar refractivity (Wildman–Crippen MR) is 79.8 cm³/mol. The van der Waals surface area contributed by atoms with Crippen LogP contribution >= 0.6 is 0 Å². The van der Waals surface area contributed by atoms with Crippen molar-refractivity contribution in [2.75, 3.05) is 14.2 Å². The molecule has 6 nitrogen and oxygen atoms in total. The van der Waals surface area contributed by atoms with E-state index in [9.17, 15) is 4.79 Å². The van der Waals surface area contributed by atoms with Crippen molar-refractivity contribution in [2.45, 2.75) is 19.3 Å². The van der Waals surface area contributed by atoms with Gasteiger partial charge in [-0.25, -0.2) is 4.68 Å². The van der Waals surface area contributed by atoms with Gasteiger partial charge in [0, 0.05) is 11.8 Å². The van der Waals surface area contributed by atoms with Gasteiger partial charge in [0.15, 0.2) is 11.5 Å². The average molecular weight is 302 g/mol. The van der Waals surface area contributed by atoms with Gasteiger partial charge < -0.3 is 14.6 Å². The Labute approximate surface area is 128 Å². The van der Waals surface area contributed by atoms with E-state index in [1.807, 2.05) is 22.9 Å². The summed E-state index contributed by atoms with van der Waals surface area (Å²) < 4.78 is 12.4. The first-order chi connectivity index (χ1) is 10.6. The van der Waals surface area contributed by atoms with Gasteiger partial charge in [-0.3, -0.25) is 4.79 Å². The minimum Gasteiger partial charge on any atom is -0.493 e. The van der Waals surface area contributed by atoms with Crippen LogP contribution in [0.1, 0.15) is 17.7 Å². The summed E-state index contributed by atoms with van der Waals surface area (Å²) >= 11 is 0. The lowest BCUT2D eigenvalue weighted by Crippen LogP contribution is -2.22. The minimum atomic E-state index is -0.732. The molecule has 1 aromatic heterocycles. The standard InChI is InChI=1S/C16H18N2O4/c1-21-14-6-4-12(8-15(14)22-2)18-13-5-3-10(16(19)20)7-11(13)9-17-18/h4,6,8-10H,3,5,7H2,1-2H3,(H,19,20). The van der Waals surface area contributed by atoms with Gasteiger partial charge in [-0.15, -0.1) is 0 Å². The molecule has 0 radical (unpaired) electrons. The van der Waals surface area contributed by atoms with Crippen LogP contribution in [0.25, 0.3) is 5.69 Å². The fraction of sp³-hybridized carbons (Fsp3) is 0.375. The SMILES string of the molecule is COc1ccc(-n2ncc3c2CCC(C(=O)O)C3)cc1OC. The number of ether oxygens (including phenoxy) is 2. The lowest BCUT2D eigenvalue weighted by molar-refractivity contribution is -0.142. The molecule has 0 aliphatic heterocycles. The lowest BCUT2D eigenvalue weighted by Gasteiger charge is -2.20. The maximum absolute atomic E-state index is 11.1. The Morgan fingerprint density at radius 3 is 2.77 bits per heavy atom. The fourth-order valence-electron chi connectivity index (χ4n) is 2.91. The largest absolute Gasteiger partial charge is 0.493 e. The summed E-state index contributed by atoms with van der Waals surface area (Å²) in [6.07, 6.45) is 3.65. The number of carboxylic acid groups (broad SMARTS) is 1. The van der Waals surface area contributed by atoms with Crippen LogP contribution in [0.3, 0.4) is 0 Å². The second-order valence-corrected chi connectivity index (χ2v) is 5.35. The summed E-state index contributed by atoms with van der Waals surface area (Å²) in [6, 6.07) is 5.62. The number of aromatic nitrogens is 2. The van der Waals surface area contributed by atoms with Crippen LogP contribution in [-0.4, -0.2) is 35.1 Å². The van der Waals surface area contributed by atoms with E-state index in [0.29, 0.717) is 30.8 Å². The number of carboxylic acids is 1. The van der Waals surface area contributed by atoms with Crippen molar-refractivity contribution in [3.63, 3.8) is 0 Å². The Kier molecular flexibility index (Phi) is 3.75. The van der Waals surface area contributed by atoms with Gasteiger partial charge in [0.25, 0.3) is 0 Å². The third-order valence-electron chi connectivity index (χ3n) is 4.11. The predicted octanol–water partition coefficient (Wildman–Crippen LogP) is 2.08. The maximum atomic E-state index is 11.1. The van der Waals surface area contributed by atoms with Crippen LogP contribution in [0.15, 0.2) is 24.4 Å². The van der Waals surface area contributed by atoms with Crippen LogP contribution in [0, 0.1) is 5.92 Å². The van der Waals surface area contributed by atoms with Crippen LogP contribution in [0.2, 0.25) is 0 Å². The zero-order valence-electron chi connectivity index (χ0n) is 12.6. The molecule has 1 N–H and O–H groups in total. The normalized spacial score (nSPS) is 16.9. The Bertz CT molecular complexity index is 708. The Morgan fingerprint density at radius 1 is 1.32 bits per heavy atom. The molecule has 1 aliphatic rings. The highest BCUT2D eigenvalue weighted by atomic mass is 16.5. The summed E-state index contributed by atoms with van der Waals surface area (Å²) in [6.45, 7) is 0. The van der Waals surface area contributed by atoms with Crippen LogP contribution in [0.4, 0.5) is 0 Å². The molecule has 1 atom stereocenters. The molecule has 6 heteroatoms. The maximum Gasteiger partial charge on any atom is 0.306 e. The first-order valence-electron chi connectivity index (χ1n) is 7.15. The molecule has 1 aromatic carbocycles. The fourth-order valence-corrected chi connectivity index (χ4v) is 2.91. The second kappa shape index (κ2) is 5.71. The molecule has 0 spiro atoms. The quantitative estimate of drug-likeness (QED) is 0.936. The van der Waals surface area contributed by atoms with Crippen molar-refractivity contribution in [3.8, 4) is 17.2 Å². The van der Waals surface area contributed by atoms with E-state index in [-0.39, 0.29) is 5.92 Å². The first-order valence-corrected chi connectivity index (χ1v) is 7.15. The molecule has 1 unspecified atom stereocenters. The highest BCUT2D eigenvalue weighted by molar-refractivity contribution is 5.71. The smallest absolute Gasteiger partial charge is 0.306 e. The summed E-state index contributed by atoms with van der Waals surface area (Å²) in [5.41, 5.74) is 2.96. The molecule has 0 saturated heterocycles. The number of hydrogen-bond acceptors (Lipinski definition) is 4. The van der Waals surface area contributed by atoms with Crippen molar-refractivity contribution >= 4 is 5.97 Å². The molecule has 2 aromatic rings. The van der Waals surface area contributed by atoms with E-state index in [1.54, 1.807) is 20.4 Å². The van der Waals surface area contributed by atoms with E-state index in [1.165, 1.54) is 0 Å². The summed E-state index contributed by atoms with van der Waals surface area (Å²) in [4.78, 5) is 11.1. The molecular formula is C16H18N2O4. The van der Waals surface area contributed by atoms with E-state index in [2.05, 4.69) is 5.10 Å². The Balaban J connectivity index is 1.96. The monoisotopic (exact) mass is 302 g/mol. The van der Waals surface area contributed by atoms with Gasteiger partial charge >= 0.3 is 5.97 Å². The summed E-state index contributed by atoms with van der Waals surface area (Å²) in [5.74, 6) is 0.266. The highest BCUT2D eigenvalue weighted by Crippen LogP contribution is 2.32. The van der Waals surface area contributed by atoms with Crippen molar-refractivity contribution < 1.29 is 19.4 Å². The van der Waals surface area contributed by atoms with Gasteiger partial charge in [-0.05, 0) is 37.0 Å². The van der Waals surface area contributed by atoms with Crippen molar-refractivity contribution in [1.82, 2.24) is 9.78 Å². The number of fused-ring (bicyclic) bond motifs is 1. The molecule has 0 bridgehead atoms. The molecule has 3 rings (SSSR count). The summed E-state index contributed by atoms with van der Waals surface area (Å²) in [5, 5.41) is 13.6. The van der Waals surface area contributed by atoms with Gasteiger partial charge in [0.2, 0.25) is 0 Å². The average Bonchev–Trinajstić information content (AvgIpc) is 2.97. The zero-order valence-corrected chi connectivity index (χ0v) is 12.6. The van der Waals surface area contributed by atoms with Crippen LogP contribution in [0.5, 0.6) is 11.5 Å². The number of methoxy groups -OCH3 is 2. The van der Waals surface area contributed by atoms with Crippen molar-refractivity contribution in [1.29, 1.82) is 0 Å². The zero-order chi connectivity index (χ0) is 15.7. The van der Waals surface area contributed by atoms with Crippen LogP contribution in [-0.2, 0) is 17.6 Å². The van der Waals surface area contributed by atoms with E-state index < -0.39 is 5.97 Å².